The van der Waals surface area contributed by atoms with Gasteiger partial charge in [0.25, 0.3) is 0 Å². The van der Waals surface area contributed by atoms with Gasteiger partial charge in [-0.2, -0.15) is 5.10 Å². The van der Waals surface area contributed by atoms with E-state index in [0.29, 0.717) is 12.5 Å². The lowest BCUT2D eigenvalue weighted by molar-refractivity contribution is 0.0915. The van der Waals surface area contributed by atoms with Gasteiger partial charge in [-0.1, -0.05) is 20.8 Å². The molecule has 1 aromatic heterocycles. The standard InChI is InChI=1S/C11H19BrN2O/c1-4-5-14-11(10(12)6-13-14)8-15-7-9(2)3/h6,9H,4-5,7-8H2,1-3H3. The predicted molar refractivity (Wildman–Crippen MR) is 64.7 cm³/mol. The lowest BCUT2D eigenvalue weighted by Gasteiger charge is -2.09. The molecule has 4 heteroatoms. The van der Waals surface area contributed by atoms with Crippen molar-refractivity contribution in [2.45, 2.75) is 40.3 Å². The molecule has 0 spiro atoms. The van der Waals surface area contributed by atoms with E-state index in [4.69, 9.17) is 4.74 Å². The van der Waals surface area contributed by atoms with Crippen LogP contribution >= 0.6 is 15.9 Å². The van der Waals surface area contributed by atoms with Gasteiger partial charge in [0.1, 0.15) is 0 Å². The van der Waals surface area contributed by atoms with Crippen molar-refractivity contribution in [3.8, 4) is 0 Å². The minimum absolute atomic E-state index is 0.575. The molecule has 0 radical (unpaired) electrons. The molecule has 0 bridgehead atoms. The van der Waals surface area contributed by atoms with Gasteiger partial charge in [0.15, 0.2) is 0 Å². The summed E-state index contributed by atoms with van der Waals surface area (Å²) in [5.41, 5.74) is 1.14. The summed E-state index contributed by atoms with van der Waals surface area (Å²) < 4.78 is 8.66. The molecular formula is C11H19BrN2O. The number of hydrogen-bond acceptors (Lipinski definition) is 2. The zero-order chi connectivity index (χ0) is 11.3. The van der Waals surface area contributed by atoms with Crippen molar-refractivity contribution in [2.24, 2.45) is 5.92 Å². The van der Waals surface area contributed by atoms with Crippen LogP contribution in [-0.4, -0.2) is 16.4 Å². The molecular weight excluding hydrogens is 256 g/mol. The lowest BCUT2D eigenvalue weighted by atomic mass is 10.2. The Labute approximate surface area is 99.9 Å². The Morgan fingerprint density at radius 3 is 2.87 bits per heavy atom. The Hall–Kier alpha value is -0.350. The van der Waals surface area contributed by atoms with Gasteiger partial charge in [0, 0.05) is 13.2 Å². The van der Waals surface area contributed by atoms with Gasteiger partial charge >= 0.3 is 0 Å². The second kappa shape index (κ2) is 6.28. The highest BCUT2D eigenvalue weighted by molar-refractivity contribution is 9.10. The summed E-state index contributed by atoms with van der Waals surface area (Å²) in [7, 11) is 0. The number of rotatable bonds is 6. The first-order valence-corrected chi connectivity index (χ1v) is 6.22. The summed E-state index contributed by atoms with van der Waals surface area (Å²) in [5.74, 6) is 0.575. The molecule has 0 amide bonds. The number of aromatic nitrogens is 2. The van der Waals surface area contributed by atoms with Crippen molar-refractivity contribution < 1.29 is 4.74 Å². The van der Waals surface area contributed by atoms with E-state index in [1.807, 2.05) is 10.9 Å². The summed E-state index contributed by atoms with van der Waals surface area (Å²) in [6.07, 6.45) is 2.93. The molecule has 0 aromatic carbocycles. The topological polar surface area (TPSA) is 27.1 Å². The van der Waals surface area contributed by atoms with E-state index in [1.165, 1.54) is 0 Å². The number of ether oxygens (including phenoxy) is 1. The van der Waals surface area contributed by atoms with Gasteiger partial charge < -0.3 is 4.74 Å². The monoisotopic (exact) mass is 274 g/mol. The third kappa shape index (κ3) is 3.95. The predicted octanol–water partition coefficient (Wildman–Crippen LogP) is 3.23. The molecule has 0 saturated carbocycles. The molecule has 0 atom stereocenters. The van der Waals surface area contributed by atoms with Crippen LogP contribution in [0, 0.1) is 5.92 Å². The normalized spacial score (nSPS) is 11.3. The van der Waals surface area contributed by atoms with Crippen LogP contribution in [0.25, 0.3) is 0 Å². The Balaban J connectivity index is 2.54. The molecule has 15 heavy (non-hydrogen) atoms. The van der Waals surface area contributed by atoms with Crippen LogP contribution in [0.2, 0.25) is 0 Å². The molecule has 0 unspecified atom stereocenters. The number of nitrogens with zero attached hydrogens (tertiary/aromatic N) is 2. The zero-order valence-electron chi connectivity index (χ0n) is 9.66. The maximum absolute atomic E-state index is 5.62. The van der Waals surface area contributed by atoms with E-state index in [0.717, 1.165) is 29.7 Å². The number of aryl methyl sites for hydroxylation is 1. The number of halogens is 1. The zero-order valence-corrected chi connectivity index (χ0v) is 11.2. The van der Waals surface area contributed by atoms with Crippen molar-refractivity contribution in [1.82, 2.24) is 9.78 Å². The minimum Gasteiger partial charge on any atom is -0.375 e. The van der Waals surface area contributed by atoms with Crippen LogP contribution in [-0.2, 0) is 17.9 Å². The van der Waals surface area contributed by atoms with Crippen molar-refractivity contribution in [1.29, 1.82) is 0 Å². The fraction of sp³-hybridized carbons (Fsp3) is 0.727. The van der Waals surface area contributed by atoms with E-state index in [1.54, 1.807) is 0 Å². The summed E-state index contributed by atoms with van der Waals surface area (Å²) in [4.78, 5) is 0. The molecule has 0 N–H and O–H groups in total. The molecule has 0 aliphatic heterocycles. The fourth-order valence-electron chi connectivity index (χ4n) is 1.33. The Morgan fingerprint density at radius 2 is 2.27 bits per heavy atom. The average Bonchev–Trinajstić information content (AvgIpc) is 2.50. The van der Waals surface area contributed by atoms with E-state index < -0.39 is 0 Å². The van der Waals surface area contributed by atoms with E-state index in [2.05, 4.69) is 41.8 Å². The minimum atomic E-state index is 0.575. The van der Waals surface area contributed by atoms with Gasteiger partial charge in [0.05, 0.1) is 23.0 Å². The molecule has 0 aliphatic rings. The van der Waals surface area contributed by atoms with Gasteiger partial charge in [-0.25, -0.2) is 0 Å². The van der Waals surface area contributed by atoms with Gasteiger partial charge in [0.2, 0.25) is 0 Å². The highest BCUT2D eigenvalue weighted by Crippen LogP contribution is 2.17. The van der Waals surface area contributed by atoms with E-state index in [9.17, 15) is 0 Å². The van der Waals surface area contributed by atoms with E-state index >= 15 is 0 Å². The molecule has 3 nitrogen and oxygen atoms in total. The maximum atomic E-state index is 5.62. The van der Waals surface area contributed by atoms with Gasteiger partial charge in [-0.3, -0.25) is 4.68 Å². The van der Waals surface area contributed by atoms with Crippen LogP contribution in [0.4, 0.5) is 0 Å². The molecule has 0 aliphatic carbocycles. The second-order valence-electron chi connectivity index (χ2n) is 4.07. The van der Waals surface area contributed by atoms with Crippen molar-refractivity contribution >= 4 is 15.9 Å². The average molecular weight is 275 g/mol. The largest absolute Gasteiger partial charge is 0.375 e. The first-order valence-electron chi connectivity index (χ1n) is 5.43. The van der Waals surface area contributed by atoms with Gasteiger partial charge in [-0.05, 0) is 28.3 Å². The van der Waals surface area contributed by atoms with Crippen LogP contribution in [0.5, 0.6) is 0 Å². The Morgan fingerprint density at radius 1 is 1.53 bits per heavy atom. The highest BCUT2D eigenvalue weighted by Gasteiger charge is 2.08. The summed E-state index contributed by atoms with van der Waals surface area (Å²) in [6, 6.07) is 0. The van der Waals surface area contributed by atoms with E-state index in [-0.39, 0.29) is 0 Å². The Bertz CT molecular complexity index is 297. The first kappa shape index (κ1) is 12.7. The lowest BCUT2D eigenvalue weighted by Crippen LogP contribution is -2.08. The highest BCUT2D eigenvalue weighted by atomic mass is 79.9. The van der Waals surface area contributed by atoms with Crippen LogP contribution in [0.3, 0.4) is 0 Å². The third-order valence-corrected chi connectivity index (χ3v) is 2.69. The molecule has 86 valence electrons. The first-order chi connectivity index (χ1) is 7.15. The fourth-order valence-corrected chi connectivity index (χ4v) is 1.74. The molecule has 0 fully saturated rings. The maximum Gasteiger partial charge on any atom is 0.0896 e. The summed E-state index contributed by atoms with van der Waals surface area (Å²) in [5, 5.41) is 4.29. The quantitative estimate of drug-likeness (QED) is 0.797. The summed E-state index contributed by atoms with van der Waals surface area (Å²) in [6.45, 7) is 8.83. The van der Waals surface area contributed by atoms with Crippen LogP contribution < -0.4 is 0 Å². The van der Waals surface area contributed by atoms with Crippen molar-refractivity contribution in [2.75, 3.05) is 6.61 Å². The van der Waals surface area contributed by atoms with Crippen molar-refractivity contribution in [3.63, 3.8) is 0 Å². The van der Waals surface area contributed by atoms with Gasteiger partial charge in [-0.15, -0.1) is 0 Å². The van der Waals surface area contributed by atoms with Crippen LogP contribution in [0.1, 0.15) is 32.9 Å². The molecule has 1 heterocycles. The smallest absolute Gasteiger partial charge is 0.0896 e. The number of hydrogen-bond donors (Lipinski definition) is 0. The SMILES string of the molecule is CCCn1ncc(Br)c1COCC(C)C. The molecule has 1 aromatic rings. The summed E-state index contributed by atoms with van der Waals surface area (Å²) >= 11 is 3.49. The van der Waals surface area contributed by atoms with Crippen molar-refractivity contribution in [3.05, 3.63) is 16.4 Å². The molecule has 1 rings (SSSR count). The van der Waals surface area contributed by atoms with Crippen LogP contribution in [0.15, 0.2) is 10.7 Å². The Kier molecular flexibility index (Phi) is 5.32. The third-order valence-electron chi connectivity index (χ3n) is 2.02. The second-order valence-corrected chi connectivity index (χ2v) is 4.93. The molecule has 0 saturated heterocycles.